The Morgan fingerprint density at radius 2 is 1.71 bits per heavy atom. The van der Waals surface area contributed by atoms with Gasteiger partial charge in [0, 0.05) is 6.42 Å². The zero-order valence-electron chi connectivity index (χ0n) is 15.7. The third kappa shape index (κ3) is 7.46. The molecule has 13 heteroatoms. The van der Waals surface area contributed by atoms with E-state index < -0.39 is 35.6 Å². The van der Waals surface area contributed by atoms with Crippen LogP contribution in [0, 0.1) is 0 Å². The maximum absolute atomic E-state index is 12.1. The highest BCUT2D eigenvalue weighted by Gasteiger charge is 2.50. The molecule has 2 aliphatic heterocycles. The van der Waals surface area contributed by atoms with Crippen molar-refractivity contribution in [2.45, 2.75) is 69.7 Å². The van der Waals surface area contributed by atoms with Crippen LogP contribution in [-0.4, -0.2) is 94.0 Å². The highest BCUT2D eigenvalue weighted by Crippen LogP contribution is 2.31. The van der Waals surface area contributed by atoms with E-state index in [1.165, 1.54) is 0 Å². The second kappa shape index (κ2) is 11.3. The molecular weight excluding hydrogens is 384 g/mol. The number of esters is 1. The van der Waals surface area contributed by atoms with Crippen molar-refractivity contribution in [3.63, 3.8) is 0 Å². The number of carbonyl (C=O) groups excluding carboxylic acids is 1. The van der Waals surface area contributed by atoms with Gasteiger partial charge >= 0.3 is 5.97 Å². The van der Waals surface area contributed by atoms with Crippen LogP contribution in [0.3, 0.4) is 0 Å². The molecule has 2 heterocycles. The number of carbonyl (C=O) groups is 1. The summed E-state index contributed by atoms with van der Waals surface area (Å²) in [6.45, 7) is 4.06. The number of fused-ring (bicyclic) bond motifs is 1. The molecule has 0 radical (unpaired) electrons. The summed E-state index contributed by atoms with van der Waals surface area (Å²) in [6.07, 6.45) is -1.82. The van der Waals surface area contributed by atoms with E-state index in [4.69, 9.17) is 39.8 Å². The van der Waals surface area contributed by atoms with Gasteiger partial charge in [0.05, 0.1) is 30.1 Å². The molecule has 2 aliphatic rings. The van der Waals surface area contributed by atoms with Crippen molar-refractivity contribution in [1.29, 1.82) is 0 Å². The van der Waals surface area contributed by atoms with Gasteiger partial charge in [-0.05, 0) is 26.7 Å². The van der Waals surface area contributed by atoms with Crippen LogP contribution in [0.25, 0.3) is 0 Å². The minimum Gasteiger partial charge on any atom is -0.457 e. The van der Waals surface area contributed by atoms with Gasteiger partial charge in [-0.2, -0.15) is 0 Å². The van der Waals surface area contributed by atoms with Gasteiger partial charge in [-0.25, -0.2) is 9.68 Å². The Kier molecular flexibility index (Phi) is 9.39. The molecular formula is C15H28N2O11. The normalized spacial score (nSPS) is 28.3. The molecule has 2 fully saturated rings. The second-order valence-electron chi connectivity index (χ2n) is 6.77. The number of ether oxygens (including phenoxy) is 4. The predicted molar refractivity (Wildman–Crippen MR) is 84.9 cm³/mol. The van der Waals surface area contributed by atoms with Crippen LogP contribution < -0.4 is 0 Å². The molecule has 0 saturated carbocycles. The summed E-state index contributed by atoms with van der Waals surface area (Å²) in [4.78, 5) is 21.0. The summed E-state index contributed by atoms with van der Waals surface area (Å²) in [6, 6.07) is 0. The van der Waals surface area contributed by atoms with Crippen LogP contribution >= 0.6 is 0 Å². The number of rotatable bonds is 12. The SMILES string of the molecule is CC(C)O[C@H]1CO[C@H]2[C@@H]1OC[C@@H]2OC(=O)CCC[C@H](CON(O)O)ON(O)O. The summed E-state index contributed by atoms with van der Waals surface area (Å²) in [5.74, 6) is -0.471. The second-order valence-corrected chi connectivity index (χ2v) is 6.77. The standard InChI is InChI=1S/C15H28N2O11/c1-9(2)26-11-7-23-15-12(8-24-14(11)15)27-13(18)5-3-4-10(28-17(21)22)6-25-16(19)20/h9-12,14-15,19-22H,3-8H2,1-2H3/t10-,11+,12+,14-,15-/m1/s1. The molecule has 4 N–H and O–H groups in total. The van der Waals surface area contributed by atoms with E-state index in [1.807, 2.05) is 13.8 Å². The van der Waals surface area contributed by atoms with E-state index >= 15 is 0 Å². The van der Waals surface area contributed by atoms with Crippen LogP contribution in [0.15, 0.2) is 0 Å². The molecule has 13 nitrogen and oxygen atoms in total. The maximum Gasteiger partial charge on any atom is 0.306 e. The van der Waals surface area contributed by atoms with Gasteiger partial charge in [-0.3, -0.25) is 25.6 Å². The Balaban J connectivity index is 1.70. The molecule has 0 spiro atoms. The van der Waals surface area contributed by atoms with Crippen molar-refractivity contribution in [3.05, 3.63) is 0 Å². The van der Waals surface area contributed by atoms with Crippen LogP contribution in [0.5, 0.6) is 0 Å². The van der Waals surface area contributed by atoms with Crippen molar-refractivity contribution >= 4 is 5.97 Å². The van der Waals surface area contributed by atoms with Crippen molar-refractivity contribution in [2.75, 3.05) is 19.8 Å². The fourth-order valence-electron chi connectivity index (χ4n) is 3.15. The number of hydrogen-bond acceptors (Lipinski definition) is 13. The third-order valence-electron chi connectivity index (χ3n) is 4.22. The average Bonchev–Trinajstić information content (AvgIpc) is 3.15. The Morgan fingerprint density at radius 1 is 1.07 bits per heavy atom. The third-order valence-corrected chi connectivity index (χ3v) is 4.22. The van der Waals surface area contributed by atoms with Crippen LogP contribution in [0.2, 0.25) is 0 Å². The molecule has 2 rings (SSSR count). The van der Waals surface area contributed by atoms with E-state index in [0.717, 1.165) is 0 Å². The van der Waals surface area contributed by atoms with E-state index in [1.54, 1.807) is 0 Å². The zero-order chi connectivity index (χ0) is 20.7. The van der Waals surface area contributed by atoms with Gasteiger partial charge in [0.25, 0.3) is 0 Å². The summed E-state index contributed by atoms with van der Waals surface area (Å²) in [5.41, 5.74) is 0. The monoisotopic (exact) mass is 412 g/mol. The van der Waals surface area contributed by atoms with Crippen LogP contribution in [-0.2, 0) is 33.4 Å². The lowest BCUT2D eigenvalue weighted by atomic mass is 10.1. The van der Waals surface area contributed by atoms with Gasteiger partial charge in [0.1, 0.15) is 31.0 Å². The minimum atomic E-state index is -0.948. The summed E-state index contributed by atoms with van der Waals surface area (Å²) in [5, 5.41) is 33.4. The molecule has 0 aliphatic carbocycles. The molecule has 0 unspecified atom stereocenters. The summed E-state index contributed by atoms with van der Waals surface area (Å²) < 4.78 is 22.5. The topological polar surface area (TPSA) is 160 Å². The predicted octanol–water partition coefficient (Wildman–Crippen LogP) is 0.0523. The number of hydrogen-bond donors (Lipinski definition) is 4. The minimum absolute atomic E-state index is 0.0263. The highest BCUT2D eigenvalue weighted by molar-refractivity contribution is 5.69. The summed E-state index contributed by atoms with van der Waals surface area (Å²) >= 11 is 0. The molecule has 0 aromatic rings. The van der Waals surface area contributed by atoms with Gasteiger partial charge in [-0.1, -0.05) is 0 Å². The molecule has 28 heavy (non-hydrogen) atoms. The first-order chi connectivity index (χ1) is 13.3. The lowest BCUT2D eigenvalue weighted by molar-refractivity contribution is -0.527. The summed E-state index contributed by atoms with van der Waals surface area (Å²) in [7, 11) is 0. The number of nitrogens with zero attached hydrogens (tertiary/aromatic N) is 2. The Labute approximate surface area is 161 Å². The average molecular weight is 412 g/mol. The molecule has 5 atom stereocenters. The largest absolute Gasteiger partial charge is 0.457 e. The first kappa shape index (κ1) is 23.3. The van der Waals surface area contributed by atoms with E-state index in [0.29, 0.717) is 6.61 Å². The van der Waals surface area contributed by atoms with Crippen LogP contribution in [0.4, 0.5) is 0 Å². The zero-order valence-corrected chi connectivity index (χ0v) is 15.7. The maximum atomic E-state index is 12.1. The molecule has 0 amide bonds. The molecule has 0 aromatic heterocycles. The van der Waals surface area contributed by atoms with Gasteiger partial charge in [0.2, 0.25) is 0 Å². The molecule has 0 aromatic carbocycles. The van der Waals surface area contributed by atoms with E-state index in [9.17, 15) is 4.79 Å². The van der Waals surface area contributed by atoms with Crippen molar-refractivity contribution in [3.8, 4) is 0 Å². The van der Waals surface area contributed by atoms with Gasteiger partial charge < -0.3 is 18.9 Å². The van der Waals surface area contributed by atoms with Gasteiger partial charge in [-0.15, -0.1) is 0 Å². The highest BCUT2D eigenvalue weighted by atomic mass is 17.1. The van der Waals surface area contributed by atoms with Crippen molar-refractivity contribution in [1.82, 2.24) is 10.8 Å². The van der Waals surface area contributed by atoms with Crippen LogP contribution in [0.1, 0.15) is 33.1 Å². The van der Waals surface area contributed by atoms with Crippen molar-refractivity contribution in [2.24, 2.45) is 0 Å². The van der Waals surface area contributed by atoms with E-state index in [-0.39, 0.29) is 50.3 Å². The van der Waals surface area contributed by atoms with Gasteiger partial charge in [0.15, 0.2) is 6.10 Å². The molecule has 164 valence electrons. The first-order valence-corrected chi connectivity index (χ1v) is 8.99. The Morgan fingerprint density at radius 3 is 2.32 bits per heavy atom. The molecule has 0 bridgehead atoms. The quantitative estimate of drug-likeness (QED) is 0.252. The Bertz CT molecular complexity index is 479. The van der Waals surface area contributed by atoms with E-state index in [2.05, 4.69) is 9.68 Å². The Hall–Kier alpha value is -0.970. The fraction of sp³-hybridized carbons (Fsp3) is 0.933. The lowest BCUT2D eigenvalue weighted by Gasteiger charge is -2.20. The lowest BCUT2D eigenvalue weighted by Crippen LogP contribution is -2.36. The molecule has 2 saturated heterocycles. The first-order valence-electron chi connectivity index (χ1n) is 8.99. The van der Waals surface area contributed by atoms with Crippen molar-refractivity contribution < 1.29 is 54.2 Å². The smallest absolute Gasteiger partial charge is 0.306 e. The fourth-order valence-corrected chi connectivity index (χ4v) is 3.15.